The molecule has 18 nitrogen and oxygen atoms in total. The number of hydrogen-bond acceptors (Lipinski definition) is 10. The zero-order valence-corrected chi connectivity index (χ0v) is 41.3. The zero-order chi connectivity index (χ0) is 49.3. The van der Waals surface area contributed by atoms with Crippen LogP contribution in [0.15, 0.2) is 42.5 Å². The molecule has 9 atom stereocenters. The summed E-state index contributed by atoms with van der Waals surface area (Å²) >= 11 is 0. The number of benzene rings is 1. The quantitative estimate of drug-likeness (QED) is 0.0628. The third-order valence-electron chi connectivity index (χ3n) is 14.5. The van der Waals surface area contributed by atoms with Gasteiger partial charge in [-0.3, -0.25) is 43.0 Å². The minimum absolute atomic E-state index is 0.00760. The Balaban J connectivity index is 1.22. The summed E-state index contributed by atoms with van der Waals surface area (Å²) in [6, 6.07) is 5.95. The van der Waals surface area contributed by atoms with E-state index < -0.39 is 61.6 Å². The van der Waals surface area contributed by atoms with E-state index >= 15 is 0 Å². The monoisotopic (exact) mass is 957 g/mol. The number of nitrogens with one attached hydrogen (secondary N) is 2. The molecule has 67 heavy (non-hydrogen) atoms. The highest BCUT2D eigenvalue weighted by molar-refractivity contribution is 7.52. The van der Waals surface area contributed by atoms with E-state index in [1.807, 2.05) is 27.7 Å². The molecule has 4 N–H and O–H groups in total. The summed E-state index contributed by atoms with van der Waals surface area (Å²) in [5, 5.41) is 5.58. The van der Waals surface area contributed by atoms with Crippen molar-refractivity contribution in [3.05, 3.63) is 48.0 Å². The first-order valence-electron chi connectivity index (χ1n) is 23.9. The van der Waals surface area contributed by atoms with Crippen LogP contribution < -0.4 is 10.6 Å². The van der Waals surface area contributed by atoms with Gasteiger partial charge in [-0.05, 0) is 61.8 Å². The van der Waals surface area contributed by atoms with Gasteiger partial charge < -0.3 is 44.6 Å². The predicted octanol–water partition coefficient (Wildman–Crippen LogP) is 3.39. The molecule has 1 aromatic carbocycles. The standard InChI is InChI=1S/C48H73N6O12P/c1-9-30(4)43(36(65-7)28-41(58)52-24-16-19-35(52)45(66-8)31(5)46(59)49-37(67(62,63)64)25-32-17-12-10-13-18-32)51(6)48(61)42(29(2)3)50-47(60)44-33-26-34(27-33)54(44)40(57)20-14-11-15-23-53-38(55)21-22-39(53)56/h10,12-13,17-18,21-22,29-31,33-37,42-45H,9,11,14-16,19-20,23-28H2,1-8H3,(H,49,59)(H,50,60)(H2,62,63,64)/t30-,31+,33?,34?,35-,36+,37+,42-,43-,44-,45+/m0/s1. The fourth-order valence-electron chi connectivity index (χ4n) is 10.4. The van der Waals surface area contributed by atoms with E-state index in [4.69, 9.17) is 9.47 Å². The van der Waals surface area contributed by atoms with E-state index in [0.717, 1.165) is 12.8 Å². The second-order valence-corrected chi connectivity index (χ2v) is 21.0. The van der Waals surface area contributed by atoms with Gasteiger partial charge in [0.15, 0.2) is 0 Å². The second-order valence-electron chi connectivity index (χ2n) is 19.2. The Morgan fingerprint density at radius 1 is 0.910 bits per heavy atom. The van der Waals surface area contributed by atoms with Crippen molar-refractivity contribution >= 4 is 48.9 Å². The number of unbranched alkanes of at least 4 members (excludes halogenated alkanes) is 2. The fourth-order valence-corrected chi connectivity index (χ4v) is 11.2. The van der Waals surface area contributed by atoms with Gasteiger partial charge in [-0.25, -0.2) is 0 Å². The average Bonchev–Trinajstić information content (AvgIpc) is 4.08. The zero-order valence-electron chi connectivity index (χ0n) is 40.4. The highest BCUT2D eigenvalue weighted by Crippen LogP contribution is 2.46. The smallest absolute Gasteiger partial charge is 0.347 e. The number of fused-ring (bicyclic) bond motifs is 1. The molecule has 0 aromatic heterocycles. The first kappa shape index (κ1) is 53.5. The molecule has 1 aromatic rings. The van der Waals surface area contributed by atoms with E-state index in [0.29, 0.717) is 50.6 Å². The molecule has 7 amide bonds. The number of carbonyl (C=O) groups is 7. The second kappa shape index (κ2) is 23.7. The summed E-state index contributed by atoms with van der Waals surface area (Å²) < 4.78 is 24.4. The van der Waals surface area contributed by atoms with Crippen LogP contribution in [0.4, 0.5) is 0 Å². The van der Waals surface area contributed by atoms with Crippen molar-refractivity contribution in [3.8, 4) is 0 Å². The maximum Gasteiger partial charge on any atom is 0.347 e. The average molecular weight is 957 g/mol. The number of likely N-dealkylation sites (N-methyl/N-ethyl adjacent to an activating group) is 1. The van der Waals surface area contributed by atoms with Gasteiger partial charge >= 0.3 is 7.60 Å². The summed E-state index contributed by atoms with van der Waals surface area (Å²) in [4.78, 5) is 120. The van der Waals surface area contributed by atoms with Crippen LogP contribution in [0.25, 0.3) is 0 Å². The number of rotatable bonds is 25. The highest BCUT2D eigenvalue weighted by Gasteiger charge is 2.56. The van der Waals surface area contributed by atoms with Crippen molar-refractivity contribution < 1.29 is 57.4 Å². The van der Waals surface area contributed by atoms with E-state index in [-0.39, 0.29) is 85.0 Å². The number of imide groups is 1. The molecular formula is C48H73N6O12P. The fraction of sp³-hybridized carbons (Fsp3) is 0.688. The lowest BCUT2D eigenvalue weighted by atomic mass is 9.82. The molecule has 1 aliphatic carbocycles. The molecule has 372 valence electrons. The summed E-state index contributed by atoms with van der Waals surface area (Å²) in [7, 11) is -0.152. The normalized spacial score (nSPS) is 23.4. The van der Waals surface area contributed by atoms with E-state index in [9.17, 15) is 47.9 Å². The van der Waals surface area contributed by atoms with Crippen LogP contribution in [0.5, 0.6) is 0 Å². The van der Waals surface area contributed by atoms with Gasteiger partial charge in [0.05, 0.1) is 36.6 Å². The van der Waals surface area contributed by atoms with Gasteiger partial charge in [0.1, 0.15) is 17.9 Å². The lowest BCUT2D eigenvalue weighted by Gasteiger charge is -2.41. The van der Waals surface area contributed by atoms with E-state index in [2.05, 4.69) is 10.6 Å². The van der Waals surface area contributed by atoms with Gasteiger partial charge in [-0.15, -0.1) is 0 Å². The summed E-state index contributed by atoms with van der Waals surface area (Å²) in [6.07, 6.45) is 5.99. The molecule has 5 aliphatic rings. The number of ether oxygens (including phenoxy) is 2. The molecule has 2 bridgehead atoms. The molecule has 6 rings (SSSR count). The summed E-state index contributed by atoms with van der Waals surface area (Å²) in [5.41, 5.74) is 0.647. The number of amides is 7. The maximum absolute atomic E-state index is 14.6. The minimum atomic E-state index is -4.75. The Labute approximate surface area is 395 Å². The van der Waals surface area contributed by atoms with Crippen molar-refractivity contribution in [3.63, 3.8) is 0 Å². The van der Waals surface area contributed by atoms with Gasteiger partial charge in [-0.1, -0.05) is 77.8 Å². The van der Waals surface area contributed by atoms with Crippen LogP contribution in [0.2, 0.25) is 0 Å². The molecule has 19 heteroatoms. The number of hydrogen-bond donors (Lipinski definition) is 4. The number of nitrogens with zero attached hydrogens (tertiary/aromatic N) is 4. The lowest BCUT2D eigenvalue weighted by molar-refractivity contribution is -0.148. The van der Waals surface area contributed by atoms with Crippen LogP contribution in [-0.4, -0.2) is 153 Å². The molecule has 4 fully saturated rings. The minimum Gasteiger partial charge on any atom is -0.379 e. The molecule has 4 heterocycles. The van der Waals surface area contributed by atoms with Crippen LogP contribution in [0, 0.1) is 23.7 Å². The molecule has 3 saturated heterocycles. The van der Waals surface area contributed by atoms with Crippen LogP contribution in [0.3, 0.4) is 0 Å². The van der Waals surface area contributed by atoms with Gasteiger partial charge in [0, 0.05) is 65.4 Å². The van der Waals surface area contributed by atoms with Crippen molar-refractivity contribution in [2.24, 2.45) is 23.7 Å². The van der Waals surface area contributed by atoms with Crippen LogP contribution in [0.1, 0.15) is 104 Å². The third-order valence-corrected chi connectivity index (χ3v) is 15.6. The van der Waals surface area contributed by atoms with Crippen molar-refractivity contribution in [1.82, 2.24) is 30.2 Å². The Hall–Kier alpha value is -4.48. The first-order chi connectivity index (χ1) is 31.7. The molecule has 4 aliphatic heterocycles. The summed E-state index contributed by atoms with van der Waals surface area (Å²) in [5.74, 6) is -5.21. The maximum atomic E-state index is 14.6. The van der Waals surface area contributed by atoms with Crippen LogP contribution in [-0.2, 0) is 54.0 Å². The largest absolute Gasteiger partial charge is 0.379 e. The van der Waals surface area contributed by atoms with Crippen LogP contribution >= 0.6 is 7.60 Å². The molecule has 0 radical (unpaired) electrons. The van der Waals surface area contributed by atoms with Crippen molar-refractivity contribution in [2.75, 3.05) is 34.4 Å². The third kappa shape index (κ3) is 12.8. The number of methoxy groups -OCH3 is 2. The Morgan fingerprint density at radius 3 is 2.15 bits per heavy atom. The Morgan fingerprint density at radius 2 is 1.57 bits per heavy atom. The topological polar surface area (TPSA) is 232 Å². The van der Waals surface area contributed by atoms with Crippen molar-refractivity contribution in [1.29, 1.82) is 0 Å². The Bertz CT molecular complexity index is 1990. The first-order valence-corrected chi connectivity index (χ1v) is 25.6. The van der Waals surface area contributed by atoms with E-state index in [1.54, 1.807) is 59.0 Å². The van der Waals surface area contributed by atoms with Gasteiger partial charge in [-0.2, -0.15) is 0 Å². The molecule has 0 unspecified atom stereocenters. The van der Waals surface area contributed by atoms with Gasteiger partial charge in [0.2, 0.25) is 29.5 Å². The van der Waals surface area contributed by atoms with Gasteiger partial charge in [0.25, 0.3) is 11.8 Å². The molecular weight excluding hydrogens is 884 g/mol. The number of carbonyl (C=O) groups excluding carboxylic acids is 7. The molecule has 1 saturated carbocycles. The summed E-state index contributed by atoms with van der Waals surface area (Å²) in [6.45, 7) is 9.95. The highest BCUT2D eigenvalue weighted by atomic mass is 31.2. The lowest BCUT2D eigenvalue weighted by Crippen LogP contribution is -2.59. The predicted molar refractivity (Wildman–Crippen MR) is 248 cm³/mol. The SMILES string of the molecule is CC[C@H](C)[C@@H]([C@@H](CC(=O)N1CCC[C@H]1[C@H](OC)[C@@H](C)C(=O)N[C@@H](Cc1ccccc1)P(=O)(O)O)OC)N(C)C(=O)[C@@H](NC(=O)[C@@H]1C2CC(C2)N1C(=O)CCCCCN1C(=O)C=CC1=O)C(C)C. The molecule has 0 spiro atoms. The number of likely N-dealkylation sites (tertiary alicyclic amines) is 1. The Kier molecular flexibility index (Phi) is 18.9. The van der Waals surface area contributed by atoms with Crippen molar-refractivity contribution in [2.45, 2.75) is 153 Å². The van der Waals surface area contributed by atoms with E-state index in [1.165, 1.54) is 31.3 Å².